The van der Waals surface area contributed by atoms with E-state index in [1.807, 2.05) is 6.07 Å². The number of phosphoric ester groups is 1. The maximum absolute atomic E-state index is 15.8. The van der Waals surface area contributed by atoms with Crippen molar-refractivity contribution in [1.29, 1.82) is 5.41 Å². The zero-order valence-corrected chi connectivity index (χ0v) is 17.7. The number of carbonyl (C=O) groups is 1. The summed E-state index contributed by atoms with van der Waals surface area (Å²) in [6.07, 6.45) is -0.517. The number of carbonyl (C=O) groups excluding carboxylic acids is 1. The largest absolute Gasteiger partial charge is 0.530 e. The number of aliphatic hydroxyl groups is 1. The van der Waals surface area contributed by atoms with Crippen LogP contribution in [0.1, 0.15) is 24.5 Å². The molecule has 12 heteroatoms. The average Bonchev–Trinajstić information content (AvgIpc) is 3.16. The molecule has 10 nitrogen and oxygen atoms in total. The van der Waals surface area contributed by atoms with Crippen LogP contribution in [0.3, 0.4) is 0 Å². The van der Waals surface area contributed by atoms with E-state index in [0.717, 1.165) is 11.1 Å². The third-order valence-electron chi connectivity index (χ3n) is 6.44. The Morgan fingerprint density at radius 3 is 2.90 bits per heavy atom. The molecular weight excluding hydrogens is 432 g/mol. The summed E-state index contributed by atoms with van der Waals surface area (Å²) in [5.74, 6) is -2.23. The molecule has 6 atom stereocenters. The third-order valence-corrected chi connectivity index (χ3v) is 7.73. The first-order chi connectivity index (χ1) is 14.6. The van der Waals surface area contributed by atoms with E-state index in [2.05, 4.69) is 5.32 Å². The Hall–Kier alpha value is -2.14. The molecule has 1 aromatic carbocycles. The molecule has 0 saturated carbocycles. The van der Waals surface area contributed by atoms with Gasteiger partial charge in [-0.15, -0.1) is 4.48 Å². The van der Waals surface area contributed by atoms with Crippen LogP contribution in [-0.4, -0.2) is 51.8 Å². The third kappa shape index (κ3) is 2.59. The molecule has 4 aliphatic heterocycles. The first-order valence-electron chi connectivity index (χ1n) is 9.82. The van der Waals surface area contributed by atoms with Crippen molar-refractivity contribution in [2.45, 2.75) is 50.6 Å². The van der Waals surface area contributed by atoms with Gasteiger partial charge in [0.05, 0.1) is 13.2 Å². The van der Waals surface area contributed by atoms with Crippen LogP contribution in [0.2, 0.25) is 0 Å². The first kappa shape index (κ1) is 20.7. The Labute approximate surface area is 177 Å². The number of hydrogen-bond acceptors (Lipinski definition) is 8. The highest BCUT2D eigenvalue weighted by Crippen LogP contribution is 2.66. The molecule has 166 valence electrons. The fourth-order valence-electron chi connectivity index (χ4n) is 4.50. The second-order valence-corrected chi connectivity index (χ2v) is 9.70. The van der Waals surface area contributed by atoms with Gasteiger partial charge in [-0.05, 0) is 18.9 Å². The topological polar surface area (TPSA) is 127 Å². The van der Waals surface area contributed by atoms with E-state index in [1.165, 1.54) is 12.3 Å². The molecule has 0 radical (unpaired) electrons. The minimum Gasteiger partial charge on any atom is -0.403 e. The number of hydrogen-bond donors (Lipinski definition) is 3. The van der Waals surface area contributed by atoms with Crippen molar-refractivity contribution in [3.05, 3.63) is 41.6 Å². The number of benzene rings is 1. The van der Waals surface area contributed by atoms with Gasteiger partial charge in [-0.1, -0.05) is 25.1 Å². The number of rotatable bonds is 4. The zero-order valence-electron chi connectivity index (χ0n) is 16.8. The van der Waals surface area contributed by atoms with Crippen molar-refractivity contribution in [3.63, 3.8) is 0 Å². The summed E-state index contributed by atoms with van der Waals surface area (Å²) in [7, 11) is -4.04. The Bertz CT molecular complexity index is 1080. The van der Waals surface area contributed by atoms with Crippen molar-refractivity contribution >= 4 is 19.7 Å². The number of aryl methyl sites for hydroxylation is 1. The van der Waals surface area contributed by atoms with Crippen molar-refractivity contribution in [2.75, 3.05) is 6.61 Å². The van der Waals surface area contributed by atoms with E-state index in [4.69, 9.17) is 23.7 Å². The number of phosphoric acid groups is 1. The highest BCUT2D eigenvalue weighted by molar-refractivity contribution is 7.49. The van der Waals surface area contributed by atoms with Crippen LogP contribution >= 0.6 is 7.82 Å². The predicted molar refractivity (Wildman–Crippen MR) is 104 cm³/mol. The fraction of sp³-hybridized carbons (Fsp3) is 0.474. The Morgan fingerprint density at radius 2 is 2.26 bits per heavy atom. The van der Waals surface area contributed by atoms with Crippen LogP contribution in [-0.2, 0) is 25.0 Å². The summed E-state index contributed by atoms with van der Waals surface area (Å²) < 4.78 is 50.0. The molecule has 3 N–H and O–H groups in total. The van der Waals surface area contributed by atoms with Gasteiger partial charge < -0.3 is 14.4 Å². The monoisotopic (exact) mass is 454 g/mol. The predicted octanol–water partition coefficient (Wildman–Crippen LogP) is 2.61. The Kier molecular flexibility index (Phi) is 4.31. The average molecular weight is 454 g/mol. The van der Waals surface area contributed by atoms with E-state index >= 15 is 4.39 Å². The quantitative estimate of drug-likeness (QED) is 0.276. The van der Waals surface area contributed by atoms with Crippen molar-refractivity contribution in [1.82, 2.24) is 5.32 Å². The summed E-state index contributed by atoms with van der Waals surface area (Å²) in [5.41, 5.74) is -0.0739. The molecule has 4 heterocycles. The molecule has 0 aromatic heterocycles. The zero-order chi connectivity index (χ0) is 22.2. The normalized spacial score (nSPS) is 42.7. The highest BCUT2D eigenvalue weighted by atomic mass is 31.2. The van der Waals surface area contributed by atoms with E-state index in [1.54, 1.807) is 26.0 Å². The number of nitrogens with zero attached hydrogens (tertiary/aromatic N) is 1. The molecule has 2 saturated heterocycles. The lowest BCUT2D eigenvalue weighted by Gasteiger charge is -2.36. The number of halogens is 1. The van der Waals surface area contributed by atoms with Gasteiger partial charge in [-0.2, -0.15) is 4.39 Å². The Balaban J connectivity index is 1.36. The van der Waals surface area contributed by atoms with Crippen molar-refractivity contribution in [2.24, 2.45) is 0 Å². The first-order valence-corrected chi connectivity index (χ1v) is 11.3. The molecule has 2 fully saturated rings. The van der Waals surface area contributed by atoms with Gasteiger partial charge in [0.1, 0.15) is 23.4 Å². The number of amides is 2. The molecule has 1 spiro atoms. The van der Waals surface area contributed by atoms with Crippen molar-refractivity contribution < 1.29 is 41.6 Å². The smallest absolute Gasteiger partial charge is 0.403 e. The van der Waals surface area contributed by atoms with Gasteiger partial charge in [0, 0.05) is 11.6 Å². The molecule has 1 aromatic rings. The van der Waals surface area contributed by atoms with Crippen LogP contribution in [0.15, 0.2) is 30.5 Å². The van der Waals surface area contributed by atoms with Gasteiger partial charge in [0.2, 0.25) is 0 Å². The van der Waals surface area contributed by atoms with Crippen LogP contribution in [0, 0.1) is 12.3 Å². The molecule has 2 unspecified atom stereocenters. The van der Waals surface area contributed by atoms with Gasteiger partial charge in [0.25, 0.3) is 0 Å². The van der Waals surface area contributed by atoms with Gasteiger partial charge in [-0.3, -0.25) is 19.8 Å². The maximum Gasteiger partial charge on any atom is 0.530 e. The number of amidine groups is 1. The molecule has 0 bridgehead atoms. The van der Waals surface area contributed by atoms with E-state index in [0.29, 0.717) is 5.75 Å². The second-order valence-electron chi connectivity index (χ2n) is 8.10. The van der Waals surface area contributed by atoms with Crippen LogP contribution < -0.4 is 9.84 Å². The highest BCUT2D eigenvalue weighted by Gasteiger charge is 2.97. The van der Waals surface area contributed by atoms with E-state index in [9.17, 15) is 14.5 Å². The lowest BCUT2D eigenvalue weighted by atomic mass is 9.92. The summed E-state index contributed by atoms with van der Waals surface area (Å²) >= 11 is 0. The maximum atomic E-state index is 15.8. The number of fused-ring (bicyclic) bond motifs is 4. The lowest BCUT2D eigenvalue weighted by Crippen LogP contribution is -2.59. The van der Waals surface area contributed by atoms with Crippen LogP contribution in [0.25, 0.3) is 0 Å². The van der Waals surface area contributed by atoms with E-state index < -0.39 is 48.7 Å². The number of para-hydroxylation sites is 1. The molecular formula is C19H22FN3O7P+. The standard InChI is InChI=1S/C19H21FN3O7P/c1-3-18(10-28-31(26)27-9-12-6-4-5-11(2)14(12)30-31)15(24)19(20)16(29-18)23(19)8-7-13(21)22-17(23)25/h4-8,15-16,24H,3,9-10H2,1-2H3,(H-,21,22,25)/p+1/t15-,16-,18-,19-,23?,31?/m1/s1. The summed E-state index contributed by atoms with van der Waals surface area (Å²) in [4.78, 5) is 12.4. The summed E-state index contributed by atoms with van der Waals surface area (Å²) in [5, 5.41) is 20.6. The van der Waals surface area contributed by atoms with Crippen molar-refractivity contribution in [3.8, 4) is 5.75 Å². The van der Waals surface area contributed by atoms with Crippen LogP contribution in [0.4, 0.5) is 9.18 Å². The SMILES string of the molecule is CC[C@]1(COP2(=O)OCc3cccc(C)c3O2)O[C@@H]2[C@@](F)([C@@H]1O)[N+]21C=CC(=N)NC1=O. The molecule has 5 rings (SSSR count). The fourth-order valence-corrected chi connectivity index (χ4v) is 5.84. The van der Waals surface area contributed by atoms with Crippen LogP contribution in [0.5, 0.6) is 5.75 Å². The van der Waals surface area contributed by atoms with Gasteiger partial charge >= 0.3 is 25.9 Å². The Morgan fingerprint density at radius 1 is 1.48 bits per heavy atom. The van der Waals surface area contributed by atoms with Gasteiger partial charge in [0.15, 0.2) is 6.10 Å². The molecule has 0 aliphatic carbocycles. The number of alkyl halides is 1. The molecule has 2 amide bonds. The summed E-state index contributed by atoms with van der Waals surface area (Å²) in [6.45, 7) is 3.01. The number of aliphatic hydroxyl groups excluding tert-OH is 1. The molecule has 4 aliphatic rings. The van der Waals surface area contributed by atoms with Gasteiger partial charge in [-0.25, -0.2) is 9.36 Å². The minimum atomic E-state index is -4.04. The molecule has 31 heavy (non-hydrogen) atoms. The van der Waals surface area contributed by atoms with E-state index in [-0.39, 0.29) is 18.9 Å². The number of nitrogens with one attached hydrogen (secondary N) is 2. The number of urea groups is 1. The second kappa shape index (κ2) is 6.44. The lowest BCUT2D eigenvalue weighted by molar-refractivity contribution is -0.748. The number of quaternary nitrogens is 1. The summed E-state index contributed by atoms with van der Waals surface area (Å²) in [6, 6.07) is 4.60. The minimum absolute atomic E-state index is 0.0173. The number of ether oxygens (including phenoxy) is 1.